The van der Waals surface area contributed by atoms with Gasteiger partial charge in [0.05, 0.1) is 23.0 Å². The Hall–Kier alpha value is -1.99. The fraction of sp³-hybridized carbons (Fsp3) is 0.429. The van der Waals surface area contributed by atoms with E-state index in [1.807, 2.05) is 6.07 Å². The first-order valence-electron chi connectivity index (χ1n) is 6.94. The van der Waals surface area contributed by atoms with E-state index in [-0.39, 0.29) is 6.54 Å². The first-order valence-corrected chi connectivity index (χ1v) is 6.94. The lowest BCUT2D eigenvalue weighted by atomic mass is 9.91. The van der Waals surface area contributed by atoms with Crippen LogP contribution in [0.3, 0.4) is 0 Å². The summed E-state index contributed by atoms with van der Waals surface area (Å²) in [6, 6.07) is 3.40. The van der Waals surface area contributed by atoms with Gasteiger partial charge >= 0.3 is 0 Å². The molecule has 0 spiro atoms. The molecule has 3 heterocycles. The number of fused-ring (bicyclic) bond motifs is 1. The third kappa shape index (κ3) is 2.62. The third-order valence-electron chi connectivity index (χ3n) is 4.11. The van der Waals surface area contributed by atoms with Crippen LogP contribution in [0.1, 0.15) is 12.8 Å². The van der Waals surface area contributed by atoms with E-state index in [4.69, 9.17) is 5.73 Å². The molecule has 6 nitrogen and oxygen atoms in total. The fourth-order valence-corrected chi connectivity index (χ4v) is 2.65. The number of halogens is 1. The highest BCUT2D eigenvalue weighted by Crippen LogP contribution is 2.28. The fourth-order valence-electron chi connectivity index (χ4n) is 2.65. The topological polar surface area (TPSA) is 87.3 Å². The van der Waals surface area contributed by atoms with Crippen molar-refractivity contribution in [1.29, 1.82) is 0 Å². The molecule has 0 bridgehead atoms. The van der Waals surface area contributed by atoms with Crippen LogP contribution in [-0.2, 0) is 0 Å². The zero-order valence-electron chi connectivity index (χ0n) is 11.6. The molecule has 0 aromatic carbocycles. The number of piperidine rings is 1. The number of nitrogens with one attached hydrogen (secondary N) is 1. The Morgan fingerprint density at radius 3 is 2.81 bits per heavy atom. The number of pyridine rings is 2. The first-order chi connectivity index (χ1) is 10.1. The maximum atomic E-state index is 12.8. The van der Waals surface area contributed by atoms with E-state index >= 15 is 0 Å². The average Bonchev–Trinajstić information content (AvgIpc) is 2.54. The van der Waals surface area contributed by atoms with E-state index in [1.165, 1.54) is 6.20 Å². The second-order valence-corrected chi connectivity index (χ2v) is 5.43. The second kappa shape index (κ2) is 5.42. The maximum absolute atomic E-state index is 12.8. The smallest absolute Gasteiger partial charge is 0.129 e. The van der Waals surface area contributed by atoms with Crippen molar-refractivity contribution in [2.24, 2.45) is 5.73 Å². The Balaban J connectivity index is 1.88. The molecule has 2 aromatic heterocycles. The van der Waals surface area contributed by atoms with Crippen molar-refractivity contribution >= 4 is 22.4 Å². The van der Waals surface area contributed by atoms with Gasteiger partial charge in [-0.25, -0.2) is 10.5 Å². The van der Waals surface area contributed by atoms with Crippen molar-refractivity contribution in [3.8, 4) is 0 Å². The highest BCUT2D eigenvalue weighted by atomic mass is 19.2. The highest BCUT2D eigenvalue weighted by molar-refractivity contribution is 5.91. The van der Waals surface area contributed by atoms with Gasteiger partial charge in [-0.1, -0.05) is 0 Å². The van der Waals surface area contributed by atoms with Gasteiger partial charge in [-0.3, -0.25) is 4.98 Å². The van der Waals surface area contributed by atoms with Gasteiger partial charge < -0.3 is 15.7 Å². The van der Waals surface area contributed by atoms with Crippen molar-refractivity contribution in [3.63, 3.8) is 0 Å². The molecule has 112 valence electrons. The standard InChI is InChI=1S/C14H18FN5O/c15-19-11-1-4-17-12-8-18-13(7-10(11)12)20-5-2-14(21,9-16)3-6-20/h1,4,7-8,21H,2-3,5-6,9,16H2,(H,17,19). The van der Waals surface area contributed by atoms with E-state index in [0.717, 1.165) is 5.82 Å². The van der Waals surface area contributed by atoms with Gasteiger partial charge in [-0.2, -0.15) is 0 Å². The van der Waals surface area contributed by atoms with E-state index in [2.05, 4.69) is 14.9 Å². The number of aliphatic hydroxyl groups is 1. The molecule has 4 N–H and O–H groups in total. The quantitative estimate of drug-likeness (QED) is 0.737. The minimum absolute atomic E-state index is 0.270. The molecule has 0 radical (unpaired) electrons. The number of nitrogens with two attached hydrogens (primary N) is 1. The highest BCUT2D eigenvalue weighted by Gasteiger charge is 2.31. The first kappa shape index (κ1) is 14.0. The summed E-state index contributed by atoms with van der Waals surface area (Å²) < 4.78 is 12.8. The van der Waals surface area contributed by atoms with Gasteiger partial charge in [-0.05, 0) is 25.0 Å². The molecule has 7 heteroatoms. The molecular formula is C14H18FN5O. The number of aromatic nitrogens is 2. The van der Waals surface area contributed by atoms with Gasteiger partial charge in [0.2, 0.25) is 0 Å². The Labute approximate surface area is 121 Å². The minimum atomic E-state index is -0.777. The van der Waals surface area contributed by atoms with Crippen LogP contribution >= 0.6 is 0 Å². The summed E-state index contributed by atoms with van der Waals surface area (Å²) in [7, 11) is 0. The van der Waals surface area contributed by atoms with Gasteiger partial charge in [0, 0.05) is 31.2 Å². The normalized spacial score (nSPS) is 18.0. The minimum Gasteiger partial charge on any atom is -0.388 e. The molecule has 3 rings (SSSR count). The van der Waals surface area contributed by atoms with Crippen LogP contribution < -0.4 is 16.2 Å². The van der Waals surface area contributed by atoms with Crippen LogP contribution in [0.15, 0.2) is 24.5 Å². The summed E-state index contributed by atoms with van der Waals surface area (Å²) in [6.45, 7) is 1.61. The van der Waals surface area contributed by atoms with Crippen molar-refractivity contribution in [2.45, 2.75) is 18.4 Å². The maximum Gasteiger partial charge on any atom is 0.129 e. The molecule has 1 aliphatic rings. The van der Waals surface area contributed by atoms with Gasteiger partial charge in [0.25, 0.3) is 0 Å². The molecule has 0 aliphatic carbocycles. The molecule has 21 heavy (non-hydrogen) atoms. The van der Waals surface area contributed by atoms with Crippen LogP contribution in [0.4, 0.5) is 16.0 Å². The van der Waals surface area contributed by atoms with Crippen LogP contribution in [0, 0.1) is 0 Å². The number of rotatable bonds is 3. The largest absolute Gasteiger partial charge is 0.388 e. The monoisotopic (exact) mass is 291 g/mol. The Bertz CT molecular complexity index is 642. The predicted molar refractivity (Wildman–Crippen MR) is 79.7 cm³/mol. The zero-order chi connectivity index (χ0) is 14.9. The summed E-state index contributed by atoms with van der Waals surface area (Å²) in [4.78, 5) is 10.6. The summed E-state index contributed by atoms with van der Waals surface area (Å²) in [5, 5.41) is 10.8. The zero-order valence-corrected chi connectivity index (χ0v) is 11.6. The van der Waals surface area contributed by atoms with Crippen LogP contribution in [-0.4, -0.2) is 40.3 Å². The van der Waals surface area contributed by atoms with Crippen LogP contribution in [0.2, 0.25) is 0 Å². The van der Waals surface area contributed by atoms with Crippen molar-refractivity contribution in [3.05, 3.63) is 24.5 Å². The van der Waals surface area contributed by atoms with Gasteiger partial charge in [0.15, 0.2) is 0 Å². The van der Waals surface area contributed by atoms with Crippen LogP contribution in [0.5, 0.6) is 0 Å². The predicted octanol–water partition coefficient (Wildman–Crippen LogP) is 1.22. The van der Waals surface area contributed by atoms with Gasteiger partial charge in [-0.15, -0.1) is 4.48 Å². The van der Waals surface area contributed by atoms with E-state index in [9.17, 15) is 9.59 Å². The molecule has 1 aliphatic heterocycles. The van der Waals surface area contributed by atoms with Crippen molar-refractivity contribution < 1.29 is 9.59 Å². The summed E-state index contributed by atoms with van der Waals surface area (Å²) >= 11 is 0. The van der Waals surface area contributed by atoms with E-state index < -0.39 is 5.60 Å². The summed E-state index contributed by atoms with van der Waals surface area (Å²) in [5.74, 6) is 0.756. The Morgan fingerprint density at radius 2 is 2.14 bits per heavy atom. The Kier molecular flexibility index (Phi) is 3.60. The van der Waals surface area contributed by atoms with Gasteiger partial charge in [0.1, 0.15) is 5.82 Å². The molecule has 1 saturated heterocycles. The number of nitrogens with zero attached hydrogens (tertiary/aromatic N) is 3. The molecule has 0 amide bonds. The number of anilines is 2. The molecule has 1 fully saturated rings. The molecule has 0 unspecified atom stereocenters. The van der Waals surface area contributed by atoms with Crippen molar-refractivity contribution in [1.82, 2.24) is 9.97 Å². The molecular weight excluding hydrogens is 273 g/mol. The van der Waals surface area contributed by atoms with E-state index in [0.29, 0.717) is 42.5 Å². The SMILES string of the molecule is NCC1(O)CCN(c2cc3c(NF)ccnc3cn2)CC1. The Morgan fingerprint density at radius 1 is 1.38 bits per heavy atom. The van der Waals surface area contributed by atoms with E-state index in [1.54, 1.807) is 17.8 Å². The molecule has 0 saturated carbocycles. The summed E-state index contributed by atoms with van der Waals surface area (Å²) in [5.41, 5.74) is 7.50. The lowest BCUT2D eigenvalue weighted by Gasteiger charge is -2.38. The molecule has 2 aromatic rings. The lowest BCUT2D eigenvalue weighted by molar-refractivity contribution is 0.0249. The number of hydrogen-bond donors (Lipinski definition) is 3. The average molecular weight is 291 g/mol. The molecule has 0 atom stereocenters. The lowest BCUT2D eigenvalue weighted by Crippen LogP contribution is -2.48. The summed E-state index contributed by atoms with van der Waals surface area (Å²) in [6.07, 6.45) is 4.37. The van der Waals surface area contributed by atoms with Crippen molar-refractivity contribution in [2.75, 3.05) is 30.1 Å². The van der Waals surface area contributed by atoms with Crippen LogP contribution in [0.25, 0.3) is 10.9 Å². The second-order valence-electron chi connectivity index (χ2n) is 5.43. The third-order valence-corrected chi connectivity index (χ3v) is 4.11. The number of hydrogen-bond acceptors (Lipinski definition) is 6.